The summed E-state index contributed by atoms with van der Waals surface area (Å²) in [4.78, 5) is 5.52. The Hall–Kier alpha value is -0.410. The Morgan fingerprint density at radius 3 is 2.50 bits per heavy atom. The lowest BCUT2D eigenvalue weighted by Crippen LogP contribution is -2.08. The van der Waals surface area contributed by atoms with Gasteiger partial charge in [-0.3, -0.25) is 0 Å². The van der Waals surface area contributed by atoms with E-state index in [1.807, 2.05) is 26.3 Å². The number of hydrogen-bond acceptors (Lipinski definition) is 3. The van der Waals surface area contributed by atoms with Crippen molar-refractivity contribution in [2.75, 3.05) is 0 Å². The first-order valence-electron chi connectivity index (χ1n) is 4.16. The third-order valence-electron chi connectivity index (χ3n) is 1.64. The molecule has 1 rings (SSSR count). The van der Waals surface area contributed by atoms with Crippen LogP contribution in [-0.2, 0) is 4.74 Å². The average Bonchev–Trinajstić information content (AvgIpc) is 2.33. The normalized spacial score (nSPS) is 13.8. The van der Waals surface area contributed by atoms with E-state index in [1.165, 1.54) is 4.88 Å². The molecule has 12 heavy (non-hydrogen) atoms. The molecule has 1 aromatic heterocycles. The topological polar surface area (TPSA) is 22.1 Å². The maximum Gasteiger partial charge on any atom is 0.0981 e. The molecular weight excluding hydrogens is 170 g/mol. The highest BCUT2D eigenvalue weighted by molar-refractivity contribution is 7.09. The molecule has 0 amide bonds. The second kappa shape index (κ2) is 4.01. The molecule has 0 bridgehead atoms. The van der Waals surface area contributed by atoms with Crippen molar-refractivity contribution in [1.29, 1.82) is 0 Å². The number of hydrogen-bond donors (Lipinski definition) is 0. The van der Waals surface area contributed by atoms with Gasteiger partial charge in [0.2, 0.25) is 0 Å². The van der Waals surface area contributed by atoms with Crippen molar-refractivity contribution in [3.8, 4) is 0 Å². The standard InChI is InChI=1S/C9H15NOS/c1-6(2)11-7(3)9-8(4)12-5-10-9/h5-7H,1-4H3. The number of nitrogens with zero attached hydrogens (tertiary/aromatic N) is 1. The van der Waals surface area contributed by atoms with Crippen LogP contribution in [0.5, 0.6) is 0 Å². The molecule has 68 valence electrons. The van der Waals surface area contributed by atoms with Gasteiger partial charge in [0.1, 0.15) is 0 Å². The van der Waals surface area contributed by atoms with Crippen LogP contribution < -0.4 is 0 Å². The zero-order valence-electron chi connectivity index (χ0n) is 8.00. The molecule has 0 N–H and O–H groups in total. The summed E-state index contributed by atoms with van der Waals surface area (Å²) in [5.74, 6) is 0. The van der Waals surface area contributed by atoms with Crippen molar-refractivity contribution in [3.05, 3.63) is 16.1 Å². The van der Waals surface area contributed by atoms with Gasteiger partial charge in [0, 0.05) is 4.88 Å². The second-order valence-electron chi connectivity index (χ2n) is 3.12. The number of aryl methyl sites for hydroxylation is 1. The van der Waals surface area contributed by atoms with Gasteiger partial charge in [0.15, 0.2) is 0 Å². The summed E-state index contributed by atoms with van der Waals surface area (Å²) < 4.78 is 5.62. The van der Waals surface area contributed by atoms with E-state index in [9.17, 15) is 0 Å². The molecule has 1 heterocycles. The molecule has 1 aromatic rings. The van der Waals surface area contributed by atoms with Crippen molar-refractivity contribution in [2.45, 2.75) is 39.9 Å². The highest BCUT2D eigenvalue weighted by atomic mass is 32.1. The minimum atomic E-state index is 0.122. The maximum atomic E-state index is 5.62. The van der Waals surface area contributed by atoms with Gasteiger partial charge in [-0.15, -0.1) is 11.3 Å². The van der Waals surface area contributed by atoms with Crippen LogP contribution in [0.3, 0.4) is 0 Å². The predicted molar refractivity (Wildman–Crippen MR) is 51.5 cm³/mol. The molecular formula is C9H15NOS. The molecule has 2 nitrogen and oxygen atoms in total. The monoisotopic (exact) mass is 185 g/mol. The Labute approximate surface area is 77.6 Å². The Morgan fingerprint density at radius 1 is 1.42 bits per heavy atom. The van der Waals surface area contributed by atoms with Crippen LogP contribution in [0.2, 0.25) is 0 Å². The Bertz CT molecular complexity index is 244. The number of rotatable bonds is 3. The quantitative estimate of drug-likeness (QED) is 0.722. The zero-order valence-corrected chi connectivity index (χ0v) is 8.81. The van der Waals surface area contributed by atoms with Crippen LogP contribution >= 0.6 is 11.3 Å². The highest BCUT2D eigenvalue weighted by Gasteiger charge is 2.12. The summed E-state index contributed by atoms with van der Waals surface area (Å²) in [6.45, 7) is 8.20. The van der Waals surface area contributed by atoms with Gasteiger partial charge in [-0.1, -0.05) is 0 Å². The van der Waals surface area contributed by atoms with Gasteiger partial charge >= 0.3 is 0 Å². The molecule has 1 atom stereocenters. The smallest absolute Gasteiger partial charge is 0.0981 e. The van der Waals surface area contributed by atoms with E-state index in [2.05, 4.69) is 11.9 Å². The van der Waals surface area contributed by atoms with Gasteiger partial charge < -0.3 is 4.74 Å². The minimum absolute atomic E-state index is 0.122. The zero-order chi connectivity index (χ0) is 9.14. The summed E-state index contributed by atoms with van der Waals surface area (Å²) >= 11 is 1.67. The van der Waals surface area contributed by atoms with Crippen LogP contribution in [0.1, 0.15) is 37.4 Å². The first-order chi connectivity index (χ1) is 5.61. The fourth-order valence-corrected chi connectivity index (χ4v) is 1.84. The van der Waals surface area contributed by atoms with Gasteiger partial charge in [0.25, 0.3) is 0 Å². The lowest BCUT2D eigenvalue weighted by atomic mass is 10.2. The molecule has 0 saturated heterocycles. The second-order valence-corrected chi connectivity index (χ2v) is 4.18. The van der Waals surface area contributed by atoms with Crippen LogP contribution in [-0.4, -0.2) is 11.1 Å². The molecule has 0 fully saturated rings. The molecule has 0 aliphatic rings. The summed E-state index contributed by atoms with van der Waals surface area (Å²) in [6, 6.07) is 0. The Morgan fingerprint density at radius 2 is 2.08 bits per heavy atom. The van der Waals surface area contributed by atoms with E-state index in [-0.39, 0.29) is 12.2 Å². The first kappa shape index (κ1) is 9.68. The van der Waals surface area contributed by atoms with Crippen LogP contribution in [0.25, 0.3) is 0 Å². The lowest BCUT2D eigenvalue weighted by molar-refractivity contribution is 0.0155. The SMILES string of the molecule is Cc1scnc1C(C)OC(C)C. The summed E-state index contributed by atoms with van der Waals surface area (Å²) in [5, 5.41) is 0. The largest absolute Gasteiger partial charge is 0.370 e. The Kier molecular flexibility index (Phi) is 3.23. The van der Waals surface area contributed by atoms with Crippen molar-refractivity contribution in [1.82, 2.24) is 4.98 Å². The van der Waals surface area contributed by atoms with Crippen molar-refractivity contribution in [3.63, 3.8) is 0 Å². The van der Waals surface area contributed by atoms with E-state index in [0.29, 0.717) is 0 Å². The molecule has 0 aromatic carbocycles. The van der Waals surface area contributed by atoms with Gasteiger partial charge in [0.05, 0.1) is 23.4 Å². The van der Waals surface area contributed by atoms with Crippen LogP contribution in [0.4, 0.5) is 0 Å². The Balaban J connectivity index is 2.65. The third-order valence-corrected chi connectivity index (χ3v) is 2.42. The van der Waals surface area contributed by atoms with Gasteiger partial charge in [-0.05, 0) is 27.7 Å². The van der Waals surface area contributed by atoms with E-state index in [4.69, 9.17) is 4.74 Å². The molecule has 1 unspecified atom stereocenters. The molecule has 3 heteroatoms. The molecule has 0 saturated carbocycles. The number of thiazole rings is 1. The molecule has 0 radical (unpaired) electrons. The van der Waals surface area contributed by atoms with Crippen LogP contribution in [0, 0.1) is 6.92 Å². The molecule has 0 aliphatic heterocycles. The summed E-state index contributed by atoms with van der Waals surface area (Å²) in [6.07, 6.45) is 0.386. The minimum Gasteiger partial charge on any atom is -0.370 e. The summed E-state index contributed by atoms with van der Waals surface area (Å²) in [5.41, 5.74) is 2.94. The van der Waals surface area contributed by atoms with E-state index >= 15 is 0 Å². The van der Waals surface area contributed by atoms with Crippen molar-refractivity contribution < 1.29 is 4.74 Å². The average molecular weight is 185 g/mol. The van der Waals surface area contributed by atoms with Gasteiger partial charge in [-0.2, -0.15) is 0 Å². The first-order valence-corrected chi connectivity index (χ1v) is 5.04. The van der Waals surface area contributed by atoms with E-state index in [1.54, 1.807) is 11.3 Å². The number of ether oxygens (including phenoxy) is 1. The van der Waals surface area contributed by atoms with E-state index < -0.39 is 0 Å². The van der Waals surface area contributed by atoms with Gasteiger partial charge in [-0.25, -0.2) is 4.98 Å². The van der Waals surface area contributed by atoms with Crippen LogP contribution in [0.15, 0.2) is 5.51 Å². The van der Waals surface area contributed by atoms with Crippen molar-refractivity contribution >= 4 is 11.3 Å². The van der Waals surface area contributed by atoms with E-state index in [0.717, 1.165) is 5.69 Å². The molecule has 0 spiro atoms. The summed E-state index contributed by atoms with van der Waals surface area (Å²) in [7, 11) is 0. The predicted octanol–water partition coefficient (Wildman–Crippen LogP) is 2.94. The van der Waals surface area contributed by atoms with Crippen molar-refractivity contribution in [2.24, 2.45) is 0 Å². The lowest BCUT2D eigenvalue weighted by Gasteiger charge is -2.14. The highest BCUT2D eigenvalue weighted by Crippen LogP contribution is 2.22. The maximum absolute atomic E-state index is 5.62. The number of aromatic nitrogens is 1. The fraction of sp³-hybridized carbons (Fsp3) is 0.667. The third kappa shape index (κ3) is 2.29. The molecule has 0 aliphatic carbocycles. The fourth-order valence-electron chi connectivity index (χ4n) is 1.18.